The molecule has 0 aromatic heterocycles. The van der Waals surface area contributed by atoms with Gasteiger partial charge in [0, 0.05) is 42.2 Å². The second-order valence-electron chi connectivity index (χ2n) is 5.30. The minimum absolute atomic E-state index is 0.107. The second kappa shape index (κ2) is 8.58. The van der Waals surface area contributed by atoms with Gasteiger partial charge in [0.1, 0.15) is 0 Å². The van der Waals surface area contributed by atoms with E-state index in [0.29, 0.717) is 42.9 Å². The summed E-state index contributed by atoms with van der Waals surface area (Å²) in [5.74, 6) is 0.203. The summed E-state index contributed by atoms with van der Waals surface area (Å²) in [4.78, 5) is 13.6. The van der Waals surface area contributed by atoms with Gasteiger partial charge >= 0.3 is 6.03 Å². The minimum Gasteiger partial charge on any atom is -0.396 e. The number of carbonyl (C=O) groups is 1. The molecule has 1 aliphatic heterocycles. The molecule has 1 heterocycles. The Balaban J connectivity index is 1.62. The van der Waals surface area contributed by atoms with Gasteiger partial charge in [-0.3, -0.25) is 0 Å². The van der Waals surface area contributed by atoms with Crippen LogP contribution in [0.4, 0.5) is 4.79 Å². The van der Waals surface area contributed by atoms with Crippen LogP contribution < -0.4 is 5.32 Å². The van der Waals surface area contributed by atoms with Crippen molar-refractivity contribution >= 4 is 29.2 Å². The number of rotatable bonds is 6. The van der Waals surface area contributed by atoms with Crippen LogP contribution in [0.15, 0.2) is 18.2 Å². The van der Waals surface area contributed by atoms with E-state index in [0.717, 1.165) is 12.0 Å². The monoisotopic (exact) mass is 346 g/mol. The third-order valence-corrected chi connectivity index (χ3v) is 4.21. The predicted octanol–water partition coefficient (Wildman–Crippen LogP) is 2.53. The summed E-state index contributed by atoms with van der Waals surface area (Å²) in [5.41, 5.74) is 0.864. The zero-order valence-electron chi connectivity index (χ0n) is 12.2. The summed E-state index contributed by atoms with van der Waals surface area (Å²) in [6.07, 6.45) is 0.857. The van der Waals surface area contributed by atoms with E-state index in [-0.39, 0.29) is 18.6 Å². The van der Waals surface area contributed by atoms with Gasteiger partial charge in [-0.2, -0.15) is 0 Å². The quantitative estimate of drug-likeness (QED) is 0.778. The largest absolute Gasteiger partial charge is 0.396 e. The van der Waals surface area contributed by atoms with E-state index in [1.165, 1.54) is 0 Å². The van der Waals surface area contributed by atoms with Crippen molar-refractivity contribution in [2.24, 2.45) is 5.92 Å². The van der Waals surface area contributed by atoms with Crippen molar-refractivity contribution in [2.75, 3.05) is 32.8 Å². The Morgan fingerprint density at radius 1 is 1.45 bits per heavy atom. The molecule has 0 radical (unpaired) electrons. The van der Waals surface area contributed by atoms with Crippen molar-refractivity contribution in [1.82, 2.24) is 10.2 Å². The van der Waals surface area contributed by atoms with Gasteiger partial charge < -0.3 is 20.1 Å². The maximum absolute atomic E-state index is 11.9. The average molecular weight is 347 g/mol. The fraction of sp³-hybridized carbons (Fsp3) is 0.533. The molecule has 122 valence electrons. The van der Waals surface area contributed by atoms with E-state index in [4.69, 9.17) is 33.0 Å². The number of hydrogen-bond donors (Lipinski definition) is 2. The predicted molar refractivity (Wildman–Crippen MR) is 86.3 cm³/mol. The maximum atomic E-state index is 11.9. The van der Waals surface area contributed by atoms with E-state index in [1.54, 1.807) is 17.0 Å². The standard InChI is InChI=1S/C15H20Cl2N2O3/c16-13-2-1-12(14(17)7-13)10-22-6-4-18-15(21)19-5-3-11(8-19)9-20/h1-2,7,11,20H,3-6,8-10H2,(H,18,21)/t11-/m0/s1. The lowest BCUT2D eigenvalue weighted by Gasteiger charge is -2.17. The van der Waals surface area contributed by atoms with Crippen LogP contribution in [0.2, 0.25) is 10.0 Å². The summed E-state index contributed by atoms with van der Waals surface area (Å²) < 4.78 is 5.49. The number of carbonyl (C=O) groups excluding carboxylic acids is 1. The molecule has 0 bridgehead atoms. The van der Waals surface area contributed by atoms with Gasteiger partial charge in [-0.1, -0.05) is 29.3 Å². The van der Waals surface area contributed by atoms with Crippen LogP contribution in [0.5, 0.6) is 0 Å². The molecule has 1 fully saturated rings. The van der Waals surface area contributed by atoms with Crippen LogP contribution in [0.25, 0.3) is 0 Å². The third kappa shape index (κ3) is 5.02. The highest BCUT2D eigenvalue weighted by Crippen LogP contribution is 2.21. The van der Waals surface area contributed by atoms with Gasteiger partial charge in [0.2, 0.25) is 0 Å². The summed E-state index contributed by atoms with van der Waals surface area (Å²) >= 11 is 11.9. The Bertz CT molecular complexity index is 514. The number of urea groups is 1. The number of nitrogens with one attached hydrogen (secondary N) is 1. The lowest BCUT2D eigenvalue weighted by Crippen LogP contribution is -2.40. The Kier molecular flexibility index (Phi) is 6.76. The molecule has 1 atom stereocenters. The van der Waals surface area contributed by atoms with E-state index in [9.17, 15) is 4.79 Å². The Morgan fingerprint density at radius 2 is 2.27 bits per heavy atom. The number of halogens is 2. The van der Waals surface area contributed by atoms with E-state index >= 15 is 0 Å². The molecule has 0 saturated carbocycles. The van der Waals surface area contributed by atoms with Crippen molar-refractivity contribution in [2.45, 2.75) is 13.0 Å². The Hall–Kier alpha value is -1.01. The molecular weight excluding hydrogens is 327 g/mol. The molecule has 1 aliphatic rings. The number of hydrogen-bond acceptors (Lipinski definition) is 3. The molecule has 1 aromatic rings. The first kappa shape index (κ1) is 17.3. The van der Waals surface area contributed by atoms with Gasteiger partial charge in [-0.15, -0.1) is 0 Å². The zero-order valence-corrected chi connectivity index (χ0v) is 13.7. The molecule has 0 aliphatic carbocycles. The van der Waals surface area contributed by atoms with Crippen molar-refractivity contribution in [3.8, 4) is 0 Å². The van der Waals surface area contributed by atoms with Gasteiger partial charge in [-0.05, 0) is 24.1 Å². The summed E-state index contributed by atoms with van der Waals surface area (Å²) in [6, 6.07) is 5.15. The zero-order chi connectivity index (χ0) is 15.9. The molecule has 2 rings (SSSR count). The molecule has 2 N–H and O–H groups in total. The van der Waals surface area contributed by atoms with Crippen molar-refractivity contribution in [1.29, 1.82) is 0 Å². The third-order valence-electron chi connectivity index (χ3n) is 3.63. The molecule has 0 spiro atoms. The topological polar surface area (TPSA) is 61.8 Å². The number of nitrogens with zero attached hydrogens (tertiary/aromatic N) is 1. The van der Waals surface area contributed by atoms with Gasteiger partial charge in [0.05, 0.1) is 13.2 Å². The first-order valence-corrected chi connectivity index (χ1v) is 8.01. The number of ether oxygens (including phenoxy) is 1. The van der Waals surface area contributed by atoms with Crippen molar-refractivity contribution in [3.05, 3.63) is 33.8 Å². The lowest BCUT2D eigenvalue weighted by molar-refractivity contribution is 0.121. The van der Waals surface area contributed by atoms with Crippen LogP contribution >= 0.6 is 23.2 Å². The highest BCUT2D eigenvalue weighted by Gasteiger charge is 2.25. The SMILES string of the molecule is O=C(NCCOCc1ccc(Cl)cc1Cl)N1CC[C@H](CO)C1. The number of likely N-dealkylation sites (tertiary alicyclic amines) is 1. The van der Waals surface area contributed by atoms with Crippen LogP contribution in [-0.2, 0) is 11.3 Å². The van der Waals surface area contributed by atoms with Gasteiger partial charge in [0.15, 0.2) is 0 Å². The highest BCUT2D eigenvalue weighted by molar-refractivity contribution is 6.35. The molecule has 2 amide bonds. The van der Waals surface area contributed by atoms with Crippen molar-refractivity contribution in [3.63, 3.8) is 0 Å². The van der Waals surface area contributed by atoms with E-state index < -0.39 is 0 Å². The van der Waals surface area contributed by atoms with Gasteiger partial charge in [-0.25, -0.2) is 4.79 Å². The molecule has 1 aromatic carbocycles. The molecular formula is C15H20Cl2N2O3. The first-order valence-electron chi connectivity index (χ1n) is 7.25. The Morgan fingerprint density at radius 3 is 2.95 bits per heavy atom. The van der Waals surface area contributed by atoms with Crippen LogP contribution in [-0.4, -0.2) is 48.9 Å². The molecule has 5 nitrogen and oxygen atoms in total. The normalized spacial score (nSPS) is 17.8. The lowest BCUT2D eigenvalue weighted by atomic mass is 10.1. The Labute approximate surface area is 140 Å². The van der Waals surface area contributed by atoms with Crippen LogP contribution in [0.3, 0.4) is 0 Å². The molecule has 0 unspecified atom stereocenters. The number of aliphatic hydroxyl groups is 1. The fourth-order valence-electron chi connectivity index (χ4n) is 2.33. The first-order chi connectivity index (χ1) is 10.6. The summed E-state index contributed by atoms with van der Waals surface area (Å²) in [5, 5.41) is 13.0. The van der Waals surface area contributed by atoms with Gasteiger partial charge in [0.25, 0.3) is 0 Å². The summed E-state index contributed by atoms with van der Waals surface area (Å²) in [7, 11) is 0. The minimum atomic E-state index is -0.107. The van der Waals surface area contributed by atoms with Crippen molar-refractivity contribution < 1.29 is 14.6 Å². The smallest absolute Gasteiger partial charge is 0.317 e. The fourth-order valence-corrected chi connectivity index (χ4v) is 2.79. The second-order valence-corrected chi connectivity index (χ2v) is 6.15. The van der Waals surface area contributed by atoms with Crippen LogP contribution in [0, 0.1) is 5.92 Å². The molecule has 7 heteroatoms. The maximum Gasteiger partial charge on any atom is 0.317 e. The highest BCUT2D eigenvalue weighted by atomic mass is 35.5. The average Bonchev–Trinajstić information content (AvgIpc) is 2.97. The molecule has 22 heavy (non-hydrogen) atoms. The number of aliphatic hydroxyl groups excluding tert-OH is 1. The summed E-state index contributed by atoms with van der Waals surface area (Å²) in [6.45, 7) is 2.66. The molecule has 1 saturated heterocycles. The number of benzene rings is 1. The van der Waals surface area contributed by atoms with E-state index in [2.05, 4.69) is 5.32 Å². The van der Waals surface area contributed by atoms with E-state index in [1.807, 2.05) is 6.07 Å². The number of amides is 2. The van der Waals surface area contributed by atoms with Crippen LogP contribution in [0.1, 0.15) is 12.0 Å².